The Balaban J connectivity index is 1.70. The summed E-state index contributed by atoms with van der Waals surface area (Å²) in [5, 5.41) is 30.1. The van der Waals surface area contributed by atoms with Gasteiger partial charge in [-0.25, -0.2) is 10.2 Å². The monoisotopic (exact) mass is 459 g/mol. The molecule has 3 saturated carbocycles. The van der Waals surface area contributed by atoms with Crippen molar-refractivity contribution >= 4 is 11.8 Å². The molecule has 0 bridgehead atoms. The van der Waals surface area contributed by atoms with Gasteiger partial charge in [-0.2, -0.15) is 5.10 Å². The van der Waals surface area contributed by atoms with Crippen LogP contribution in [0, 0.1) is 28.6 Å². The van der Waals surface area contributed by atoms with E-state index in [2.05, 4.69) is 40.5 Å². The van der Waals surface area contributed by atoms with E-state index in [9.17, 15) is 20.5 Å². The van der Waals surface area contributed by atoms with E-state index in [1.165, 1.54) is 5.57 Å². The smallest absolute Gasteiger partial charge is 0.427 e. The topological polar surface area (TPSA) is 140 Å². The van der Waals surface area contributed by atoms with Crippen LogP contribution in [0.4, 0.5) is 4.79 Å². The van der Waals surface area contributed by atoms with E-state index in [0.29, 0.717) is 24.0 Å². The van der Waals surface area contributed by atoms with E-state index < -0.39 is 23.2 Å². The second-order valence-electron chi connectivity index (χ2n) is 10.8. The molecule has 0 aromatic heterocycles. The number of aliphatic hydroxyl groups excluding tert-OH is 2. The summed E-state index contributed by atoms with van der Waals surface area (Å²) in [5.74, 6) is 1.00. The maximum Gasteiger partial charge on any atom is 0.427 e. The fourth-order valence-corrected chi connectivity index (χ4v) is 8.02. The molecule has 4 aliphatic carbocycles. The number of hydrazone groups is 1. The number of carbonyl (C=O) groups is 1. The minimum Gasteiger partial charge on any atom is -0.449 e. The molecule has 0 aromatic rings. The fraction of sp³-hybridized carbons (Fsp3) is 0.833. The second kappa shape index (κ2) is 8.60. The third-order valence-corrected chi connectivity index (χ3v) is 9.64. The summed E-state index contributed by atoms with van der Waals surface area (Å²) in [6, 6.07) is 0. The molecular formula is C24H37N5O4. The second-order valence-corrected chi connectivity index (χ2v) is 10.8. The lowest BCUT2D eigenvalue weighted by molar-refractivity contribution is -0.0474. The van der Waals surface area contributed by atoms with Crippen molar-refractivity contribution in [2.24, 2.45) is 38.8 Å². The zero-order valence-corrected chi connectivity index (χ0v) is 20.1. The Bertz CT molecular complexity index is 915. The zero-order chi connectivity index (χ0) is 24.0. The van der Waals surface area contributed by atoms with E-state index in [4.69, 9.17) is 4.74 Å². The van der Waals surface area contributed by atoms with Crippen LogP contribution >= 0.6 is 0 Å². The number of aliphatic hydroxyl groups is 2. The van der Waals surface area contributed by atoms with Gasteiger partial charge in [0.15, 0.2) is 0 Å². The molecule has 8 atom stereocenters. The molecule has 3 fully saturated rings. The van der Waals surface area contributed by atoms with Crippen molar-refractivity contribution < 1.29 is 19.7 Å². The highest BCUT2D eigenvalue weighted by molar-refractivity contribution is 5.94. The molecule has 0 spiro atoms. The van der Waals surface area contributed by atoms with Gasteiger partial charge in [-0.15, -0.1) is 0 Å². The number of carbonyl (C=O) groups excluding carboxylic acids is 1. The third kappa shape index (κ3) is 3.47. The lowest BCUT2D eigenvalue weighted by atomic mass is 9.46. The summed E-state index contributed by atoms with van der Waals surface area (Å²) in [6.07, 6.45) is 6.31. The van der Waals surface area contributed by atoms with Gasteiger partial charge in [0.2, 0.25) is 0 Å². The molecule has 4 aliphatic rings. The number of ether oxygens (including phenoxy) is 1. The van der Waals surface area contributed by atoms with E-state index in [1.807, 2.05) is 0 Å². The Hall–Kier alpha value is -2.09. The maximum atomic E-state index is 11.8. The van der Waals surface area contributed by atoms with Crippen molar-refractivity contribution in [2.45, 2.75) is 90.4 Å². The van der Waals surface area contributed by atoms with Crippen LogP contribution in [-0.4, -0.2) is 46.4 Å². The highest BCUT2D eigenvalue weighted by Crippen LogP contribution is 2.68. The van der Waals surface area contributed by atoms with Gasteiger partial charge in [-0.1, -0.05) is 30.6 Å². The quantitative estimate of drug-likeness (QED) is 0.143. The molecule has 0 radical (unpaired) electrons. The Labute approximate surface area is 195 Å². The molecule has 9 heteroatoms. The summed E-state index contributed by atoms with van der Waals surface area (Å²) in [5.41, 5.74) is 12.1. The van der Waals surface area contributed by atoms with Crippen molar-refractivity contribution in [3.05, 3.63) is 22.1 Å². The van der Waals surface area contributed by atoms with Crippen LogP contribution in [0.2, 0.25) is 0 Å². The molecule has 182 valence electrons. The number of fused-ring (bicyclic) bond motifs is 5. The van der Waals surface area contributed by atoms with E-state index in [1.54, 1.807) is 13.8 Å². The first-order valence-corrected chi connectivity index (χ1v) is 12.2. The third-order valence-electron chi connectivity index (χ3n) is 9.64. The van der Waals surface area contributed by atoms with Gasteiger partial charge in [-0.3, -0.25) is 0 Å². The molecule has 0 saturated heterocycles. The summed E-state index contributed by atoms with van der Waals surface area (Å²) >= 11 is 0. The first-order chi connectivity index (χ1) is 15.6. The number of amides is 1. The first kappa shape index (κ1) is 24.0. The lowest BCUT2D eigenvalue weighted by Gasteiger charge is -2.59. The standard InChI is InChI=1S/C24H37N5O4/c1-5-33-21(32)27-26-14(2)24(28-29-25)20(31)13-19-17-7-6-15-12-16(30)8-10-22(15,3)18(17)9-11-23(19,24)4/h6,16-20,30-31H,5,7-13H2,1-4H3,(H,27,32)/b26-14+/t16-,17+,18-,19-,20+,22-,23-,24+/m0/s1. The van der Waals surface area contributed by atoms with Gasteiger partial charge in [0.1, 0.15) is 5.54 Å². The van der Waals surface area contributed by atoms with Crippen molar-refractivity contribution in [1.82, 2.24) is 5.43 Å². The lowest BCUT2D eigenvalue weighted by Crippen LogP contribution is -2.58. The van der Waals surface area contributed by atoms with Gasteiger partial charge in [-0.05, 0) is 92.9 Å². The predicted octanol–water partition coefficient (Wildman–Crippen LogP) is 4.45. The number of nitrogens with zero attached hydrogens (tertiary/aromatic N) is 4. The summed E-state index contributed by atoms with van der Waals surface area (Å²) in [4.78, 5) is 15.0. The van der Waals surface area contributed by atoms with Gasteiger partial charge < -0.3 is 14.9 Å². The van der Waals surface area contributed by atoms with Gasteiger partial charge in [0.05, 0.1) is 24.5 Å². The van der Waals surface area contributed by atoms with Crippen LogP contribution in [0.1, 0.15) is 72.6 Å². The van der Waals surface area contributed by atoms with Gasteiger partial charge >= 0.3 is 6.09 Å². The summed E-state index contributed by atoms with van der Waals surface area (Å²) < 4.78 is 4.90. The molecular weight excluding hydrogens is 422 g/mol. The van der Waals surface area contributed by atoms with Crippen molar-refractivity contribution in [1.29, 1.82) is 0 Å². The fourth-order valence-electron chi connectivity index (χ4n) is 8.02. The number of nitrogens with one attached hydrogen (secondary N) is 1. The largest absolute Gasteiger partial charge is 0.449 e. The van der Waals surface area contributed by atoms with Gasteiger partial charge in [0.25, 0.3) is 0 Å². The van der Waals surface area contributed by atoms with Crippen LogP contribution in [0.3, 0.4) is 0 Å². The van der Waals surface area contributed by atoms with Crippen LogP contribution in [0.25, 0.3) is 10.4 Å². The van der Waals surface area contributed by atoms with Crippen molar-refractivity contribution in [3.8, 4) is 0 Å². The van der Waals surface area contributed by atoms with Crippen LogP contribution in [0.15, 0.2) is 21.9 Å². The molecule has 0 aromatic carbocycles. The zero-order valence-electron chi connectivity index (χ0n) is 20.1. The maximum absolute atomic E-state index is 11.8. The summed E-state index contributed by atoms with van der Waals surface area (Å²) in [7, 11) is 0. The van der Waals surface area contributed by atoms with Crippen LogP contribution < -0.4 is 5.43 Å². The molecule has 1 amide bonds. The molecule has 3 N–H and O–H groups in total. The highest BCUT2D eigenvalue weighted by atomic mass is 16.5. The van der Waals surface area contributed by atoms with E-state index in [-0.39, 0.29) is 24.0 Å². The number of hydrogen-bond acceptors (Lipinski definition) is 6. The molecule has 9 nitrogen and oxygen atoms in total. The average Bonchev–Trinajstić information content (AvgIpc) is 3.00. The highest BCUT2D eigenvalue weighted by Gasteiger charge is 2.68. The van der Waals surface area contributed by atoms with Gasteiger partial charge in [0, 0.05) is 4.91 Å². The Morgan fingerprint density at radius 1 is 1.30 bits per heavy atom. The number of rotatable bonds is 4. The molecule has 0 heterocycles. The first-order valence-electron chi connectivity index (χ1n) is 12.2. The minimum atomic E-state index is -1.23. The molecule has 4 rings (SSSR count). The number of azide groups is 1. The normalized spacial score (nSPS) is 44.5. The number of allylic oxidation sites excluding steroid dienone is 1. The van der Waals surface area contributed by atoms with Crippen LogP contribution in [-0.2, 0) is 4.74 Å². The minimum absolute atomic E-state index is 0.0762. The Morgan fingerprint density at radius 2 is 2.06 bits per heavy atom. The Morgan fingerprint density at radius 3 is 2.76 bits per heavy atom. The molecule has 33 heavy (non-hydrogen) atoms. The molecule has 0 aliphatic heterocycles. The average molecular weight is 460 g/mol. The Kier molecular flexibility index (Phi) is 6.27. The van der Waals surface area contributed by atoms with Crippen molar-refractivity contribution in [3.63, 3.8) is 0 Å². The molecule has 0 unspecified atom stereocenters. The SMILES string of the molecule is CCOC(=O)N/N=C(\C)[C@@]1(N=[N+]=[N-])[C@H](O)C[C@H]2[C@@H]3CC=C4C[C@@H](O)CC[C@]4(C)[C@H]3CC[C@@]21C. The van der Waals surface area contributed by atoms with Crippen molar-refractivity contribution in [2.75, 3.05) is 6.61 Å². The predicted molar refractivity (Wildman–Crippen MR) is 124 cm³/mol. The number of hydrogen-bond donors (Lipinski definition) is 3. The van der Waals surface area contributed by atoms with E-state index in [0.717, 1.165) is 38.5 Å². The van der Waals surface area contributed by atoms with E-state index >= 15 is 0 Å². The van der Waals surface area contributed by atoms with Crippen LogP contribution in [0.5, 0.6) is 0 Å². The summed E-state index contributed by atoms with van der Waals surface area (Å²) in [6.45, 7) is 8.12.